The maximum atomic E-state index is 9.38. The second kappa shape index (κ2) is 5.42. The Balaban J connectivity index is 2.28. The van der Waals surface area contributed by atoms with Crippen LogP contribution in [0.1, 0.15) is 0 Å². The first-order chi connectivity index (χ1) is 8.06. The number of ether oxygens (including phenoxy) is 1. The Bertz CT molecular complexity index is 555. The van der Waals surface area contributed by atoms with Crippen molar-refractivity contribution in [3.05, 3.63) is 49.8 Å². The molecule has 5 heteroatoms. The molecule has 88 valence electrons. The second-order valence-corrected chi connectivity index (χ2v) is 5.91. The summed E-state index contributed by atoms with van der Waals surface area (Å²) in [7, 11) is 0. The molecule has 0 radical (unpaired) electrons. The summed E-state index contributed by atoms with van der Waals surface area (Å²) in [6.45, 7) is 0. The monoisotopic (exact) mass is 420 g/mol. The van der Waals surface area contributed by atoms with E-state index in [2.05, 4.69) is 47.8 Å². The summed E-state index contributed by atoms with van der Waals surface area (Å²) in [4.78, 5) is 0. The fraction of sp³-hybridized carbons (Fsp3) is 0. The maximum Gasteiger partial charge on any atom is 0.141 e. The van der Waals surface area contributed by atoms with Gasteiger partial charge in [-0.2, -0.15) is 0 Å². The Morgan fingerprint density at radius 2 is 1.65 bits per heavy atom. The normalized spacial score (nSPS) is 10.3. The number of aromatic hydroxyl groups is 1. The van der Waals surface area contributed by atoms with Gasteiger partial charge in [0, 0.05) is 4.47 Å². The van der Waals surface area contributed by atoms with E-state index >= 15 is 0 Å². The molecule has 2 aromatic rings. The van der Waals surface area contributed by atoms with Gasteiger partial charge in [0.2, 0.25) is 0 Å². The topological polar surface area (TPSA) is 29.5 Å². The minimum atomic E-state index is 0.187. The number of benzene rings is 2. The van der Waals surface area contributed by atoms with Crippen molar-refractivity contribution in [1.29, 1.82) is 0 Å². The minimum absolute atomic E-state index is 0.187. The van der Waals surface area contributed by atoms with Crippen molar-refractivity contribution in [2.75, 3.05) is 0 Å². The molecule has 0 bridgehead atoms. The van der Waals surface area contributed by atoms with Gasteiger partial charge in [0.1, 0.15) is 17.2 Å². The van der Waals surface area contributed by atoms with E-state index in [0.717, 1.165) is 8.95 Å². The van der Waals surface area contributed by atoms with Crippen molar-refractivity contribution >= 4 is 47.8 Å². The predicted molar refractivity (Wildman–Crippen MR) is 77.7 cm³/mol. The van der Waals surface area contributed by atoms with Crippen molar-refractivity contribution < 1.29 is 9.84 Å². The molecular weight excluding hydrogens is 416 g/mol. The first-order valence-corrected chi connectivity index (χ1v) is 7.05. The first kappa shape index (κ1) is 12.9. The molecule has 0 aromatic heterocycles. The van der Waals surface area contributed by atoms with Crippen LogP contribution in [0.5, 0.6) is 17.2 Å². The van der Waals surface area contributed by atoms with Gasteiger partial charge >= 0.3 is 0 Å². The van der Waals surface area contributed by atoms with Gasteiger partial charge in [-0.25, -0.2) is 0 Å². The van der Waals surface area contributed by atoms with Gasteiger partial charge in [0.15, 0.2) is 0 Å². The molecule has 0 saturated heterocycles. The van der Waals surface area contributed by atoms with Crippen molar-refractivity contribution in [1.82, 2.24) is 0 Å². The number of hydrogen-bond donors (Lipinski definition) is 1. The molecule has 0 fully saturated rings. The molecule has 0 unspecified atom stereocenters. The van der Waals surface area contributed by atoms with E-state index in [4.69, 9.17) is 4.74 Å². The van der Waals surface area contributed by atoms with E-state index in [1.807, 2.05) is 18.2 Å². The summed E-state index contributed by atoms with van der Waals surface area (Å²) < 4.78 is 8.12. The van der Waals surface area contributed by atoms with E-state index in [1.165, 1.54) is 0 Å². The largest absolute Gasteiger partial charge is 0.507 e. The third-order valence-corrected chi connectivity index (χ3v) is 3.79. The molecule has 0 aliphatic heterocycles. The summed E-state index contributed by atoms with van der Waals surface area (Å²) in [6, 6.07) is 10.7. The molecular formula is C12H7Br3O2. The summed E-state index contributed by atoms with van der Waals surface area (Å²) in [5, 5.41) is 9.38. The van der Waals surface area contributed by atoms with Crippen LogP contribution in [-0.4, -0.2) is 5.11 Å². The van der Waals surface area contributed by atoms with Crippen LogP contribution in [0.3, 0.4) is 0 Å². The lowest BCUT2D eigenvalue weighted by Gasteiger charge is -2.08. The van der Waals surface area contributed by atoms with Crippen LogP contribution in [0.4, 0.5) is 0 Å². The van der Waals surface area contributed by atoms with Crippen LogP contribution in [0.2, 0.25) is 0 Å². The Morgan fingerprint density at radius 1 is 0.882 bits per heavy atom. The predicted octanol–water partition coefficient (Wildman–Crippen LogP) is 5.47. The highest BCUT2D eigenvalue weighted by Crippen LogP contribution is 2.34. The van der Waals surface area contributed by atoms with Gasteiger partial charge in [-0.1, -0.05) is 15.9 Å². The third-order valence-electron chi connectivity index (χ3n) is 2.04. The highest BCUT2D eigenvalue weighted by atomic mass is 79.9. The molecule has 0 amide bonds. The molecule has 2 nitrogen and oxygen atoms in total. The highest BCUT2D eigenvalue weighted by Gasteiger charge is 2.05. The van der Waals surface area contributed by atoms with Crippen molar-refractivity contribution in [2.45, 2.75) is 0 Å². The van der Waals surface area contributed by atoms with Crippen LogP contribution in [0.25, 0.3) is 0 Å². The van der Waals surface area contributed by atoms with E-state index in [0.29, 0.717) is 16.0 Å². The second-order valence-electron chi connectivity index (χ2n) is 3.29. The van der Waals surface area contributed by atoms with Crippen LogP contribution >= 0.6 is 47.8 Å². The highest BCUT2D eigenvalue weighted by molar-refractivity contribution is 9.11. The lowest BCUT2D eigenvalue weighted by Crippen LogP contribution is -1.85. The van der Waals surface area contributed by atoms with E-state index in [9.17, 15) is 5.11 Å². The lowest BCUT2D eigenvalue weighted by molar-refractivity contribution is 0.460. The Labute approximate surface area is 124 Å². The molecule has 0 aliphatic rings. The van der Waals surface area contributed by atoms with Gasteiger partial charge in [-0.3, -0.25) is 0 Å². The average molecular weight is 423 g/mol. The molecule has 0 spiro atoms. The zero-order chi connectivity index (χ0) is 12.4. The fourth-order valence-electron chi connectivity index (χ4n) is 1.24. The van der Waals surface area contributed by atoms with Crippen molar-refractivity contribution in [2.24, 2.45) is 0 Å². The molecule has 0 aliphatic carbocycles. The smallest absolute Gasteiger partial charge is 0.141 e. The number of halogens is 3. The van der Waals surface area contributed by atoms with Crippen LogP contribution in [-0.2, 0) is 0 Å². The SMILES string of the molecule is Oc1ccc(Oc2ccc(Br)cc2Br)cc1Br. The lowest BCUT2D eigenvalue weighted by atomic mass is 10.3. The van der Waals surface area contributed by atoms with Crippen molar-refractivity contribution in [3.8, 4) is 17.2 Å². The van der Waals surface area contributed by atoms with Gasteiger partial charge in [-0.05, 0) is 68.3 Å². The van der Waals surface area contributed by atoms with Crippen LogP contribution in [0, 0.1) is 0 Å². The van der Waals surface area contributed by atoms with Gasteiger partial charge in [0.05, 0.1) is 8.95 Å². The summed E-state index contributed by atoms with van der Waals surface area (Å²) in [5.41, 5.74) is 0. The quantitative estimate of drug-likeness (QED) is 0.695. The van der Waals surface area contributed by atoms with Gasteiger partial charge in [-0.15, -0.1) is 0 Å². The minimum Gasteiger partial charge on any atom is -0.507 e. The standard InChI is InChI=1S/C12H7Br3O2/c13-7-1-4-12(10(15)5-7)17-8-2-3-11(16)9(14)6-8/h1-6,16H. The summed E-state index contributed by atoms with van der Waals surface area (Å²) in [6.07, 6.45) is 0. The Kier molecular flexibility index (Phi) is 4.12. The van der Waals surface area contributed by atoms with Gasteiger partial charge < -0.3 is 9.84 Å². The number of rotatable bonds is 2. The third kappa shape index (κ3) is 3.24. The van der Waals surface area contributed by atoms with E-state index in [1.54, 1.807) is 18.2 Å². The number of phenolic OH excluding ortho intramolecular Hbond substituents is 1. The molecule has 2 aromatic carbocycles. The number of phenols is 1. The molecule has 0 saturated carbocycles. The van der Waals surface area contributed by atoms with E-state index < -0.39 is 0 Å². The number of hydrogen-bond acceptors (Lipinski definition) is 2. The van der Waals surface area contributed by atoms with Crippen LogP contribution < -0.4 is 4.74 Å². The molecule has 0 heterocycles. The Hall–Kier alpha value is -0.520. The Morgan fingerprint density at radius 3 is 2.29 bits per heavy atom. The fourth-order valence-corrected chi connectivity index (χ4v) is 2.72. The molecule has 2 rings (SSSR count). The first-order valence-electron chi connectivity index (χ1n) is 4.67. The van der Waals surface area contributed by atoms with Gasteiger partial charge in [0.25, 0.3) is 0 Å². The van der Waals surface area contributed by atoms with Crippen molar-refractivity contribution in [3.63, 3.8) is 0 Å². The average Bonchev–Trinajstić information content (AvgIpc) is 2.27. The molecule has 1 N–H and O–H groups in total. The molecule has 17 heavy (non-hydrogen) atoms. The zero-order valence-electron chi connectivity index (χ0n) is 8.45. The zero-order valence-corrected chi connectivity index (χ0v) is 13.2. The summed E-state index contributed by atoms with van der Waals surface area (Å²) >= 11 is 10.0. The van der Waals surface area contributed by atoms with Crippen LogP contribution in [0.15, 0.2) is 49.8 Å². The maximum absolute atomic E-state index is 9.38. The summed E-state index contributed by atoms with van der Waals surface area (Å²) in [5.74, 6) is 1.55. The molecule has 0 atom stereocenters. The van der Waals surface area contributed by atoms with E-state index in [-0.39, 0.29) is 5.75 Å².